The van der Waals surface area contributed by atoms with Gasteiger partial charge in [-0.1, -0.05) is 0 Å². The van der Waals surface area contributed by atoms with Crippen molar-refractivity contribution in [2.24, 2.45) is 0 Å². The molecule has 24 heavy (non-hydrogen) atoms. The van der Waals surface area contributed by atoms with Crippen molar-refractivity contribution in [1.29, 1.82) is 0 Å². The van der Waals surface area contributed by atoms with Crippen molar-refractivity contribution in [3.63, 3.8) is 0 Å². The van der Waals surface area contributed by atoms with Gasteiger partial charge in [0.1, 0.15) is 16.1 Å². The van der Waals surface area contributed by atoms with E-state index in [9.17, 15) is 23.7 Å². The number of aryl methyl sites for hydroxylation is 1. The second-order valence-electron chi connectivity index (χ2n) is 4.98. The number of hydrogen-bond donors (Lipinski definition) is 1. The van der Waals surface area contributed by atoms with E-state index in [2.05, 4.69) is 26.3 Å². The Bertz CT molecular complexity index is 795. The molecule has 2 aromatic rings. The van der Waals surface area contributed by atoms with Gasteiger partial charge in [0.15, 0.2) is 0 Å². The maximum atomic E-state index is 13.4. The van der Waals surface area contributed by atoms with Crippen molar-refractivity contribution in [3.8, 4) is 0 Å². The molecule has 1 N–H and O–H groups in total. The maximum Gasteiger partial charge on any atom is 0.404 e. The van der Waals surface area contributed by atoms with E-state index in [-0.39, 0.29) is 24.5 Å². The summed E-state index contributed by atoms with van der Waals surface area (Å²) in [6.45, 7) is 1.95. The molecule has 0 aliphatic rings. The zero-order chi connectivity index (χ0) is 17.9. The van der Waals surface area contributed by atoms with Gasteiger partial charge in [-0.25, -0.2) is 8.78 Å². The normalized spacial score (nSPS) is 10.7. The quantitative estimate of drug-likeness (QED) is 0.590. The number of carbonyl (C=O) groups is 1. The second kappa shape index (κ2) is 7.47. The van der Waals surface area contributed by atoms with Crippen LogP contribution in [0.4, 0.5) is 20.3 Å². The number of nitro groups is 1. The fourth-order valence-electron chi connectivity index (χ4n) is 2.04. The molecule has 0 unspecified atom stereocenters. The number of anilines is 1. The standard InChI is InChI=1S/C14H13BrF2N4O3/c1-8-13(15)14(21(23)24)19-20(8)6-2-3-12(22)18-11-5-4-9(16)7-10(11)17/h4-5,7H,2-3,6H2,1H3,(H,18,22). The largest absolute Gasteiger partial charge is 0.404 e. The summed E-state index contributed by atoms with van der Waals surface area (Å²) < 4.78 is 27.9. The van der Waals surface area contributed by atoms with Crippen LogP contribution in [0, 0.1) is 28.7 Å². The molecule has 128 valence electrons. The molecule has 0 atom stereocenters. The van der Waals surface area contributed by atoms with Crippen molar-refractivity contribution in [1.82, 2.24) is 9.78 Å². The zero-order valence-corrected chi connectivity index (χ0v) is 14.1. The molecule has 2 rings (SSSR count). The van der Waals surface area contributed by atoms with Crippen molar-refractivity contribution in [2.45, 2.75) is 26.3 Å². The first-order chi connectivity index (χ1) is 11.3. The van der Waals surface area contributed by atoms with E-state index < -0.39 is 22.5 Å². The third-order valence-corrected chi connectivity index (χ3v) is 4.20. The van der Waals surface area contributed by atoms with Crippen LogP contribution in [-0.2, 0) is 11.3 Å². The Morgan fingerprint density at radius 1 is 1.46 bits per heavy atom. The molecule has 0 bridgehead atoms. The number of amides is 1. The van der Waals surface area contributed by atoms with E-state index in [0.717, 1.165) is 12.1 Å². The third-order valence-electron chi connectivity index (χ3n) is 3.27. The fraction of sp³-hybridized carbons (Fsp3) is 0.286. The molecular formula is C14H13BrF2N4O3. The summed E-state index contributed by atoms with van der Waals surface area (Å²) in [4.78, 5) is 22.0. The minimum Gasteiger partial charge on any atom is -0.358 e. The summed E-state index contributed by atoms with van der Waals surface area (Å²) in [5, 5.41) is 17.0. The summed E-state index contributed by atoms with van der Waals surface area (Å²) >= 11 is 3.10. The molecule has 0 aliphatic heterocycles. The Balaban J connectivity index is 1.91. The van der Waals surface area contributed by atoms with Crippen LogP contribution >= 0.6 is 15.9 Å². The predicted octanol–water partition coefficient (Wildman–Crippen LogP) is 3.56. The Kier molecular flexibility index (Phi) is 5.60. The average molecular weight is 403 g/mol. The number of aromatic nitrogens is 2. The number of rotatable bonds is 6. The van der Waals surface area contributed by atoms with Crippen LogP contribution in [0.25, 0.3) is 0 Å². The first kappa shape index (κ1) is 18.0. The molecule has 1 amide bonds. The van der Waals surface area contributed by atoms with Crippen LogP contribution in [0.5, 0.6) is 0 Å². The van der Waals surface area contributed by atoms with Gasteiger partial charge in [0, 0.05) is 12.5 Å². The van der Waals surface area contributed by atoms with Crippen LogP contribution in [-0.4, -0.2) is 20.6 Å². The molecule has 0 aliphatic carbocycles. The average Bonchev–Trinajstić information content (AvgIpc) is 2.79. The Hall–Kier alpha value is -2.36. The lowest BCUT2D eigenvalue weighted by Gasteiger charge is -2.06. The predicted molar refractivity (Wildman–Crippen MR) is 85.5 cm³/mol. The minimum absolute atomic E-state index is 0.0571. The summed E-state index contributed by atoms with van der Waals surface area (Å²) in [6.07, 6.45) is 0.405. The van der Waals surface area contributed by atoms with E-state index in [1.54, 1.807) is 6.92 Å². The third kappa shape index (κ3) is 4.13. The van der Waals surface area contributed by atoms with Gasteiger partial charge in [-0.2, -0.15) is 4.68 Å². The van der Waals surface area contributed by atoms with Gasteiger partial charge in [-0.15, -0.1) is 0 Å². The lowest BCUT2D eigenvalue weighted by molar-refractivity contribution is -0.390. The van der Waals surface area contributed by atoms with E-state index in [1.165, 1.54) is 4.68 Å². The summed E-state index contributed by atoms with van der Waals surface area (Å²) in [5.41, 5.74) is 0.474. The second-order valence-corrected chi connectivity index (χ2v) is 5.77. The first-order valence-electron chi connectivity index (χ1n) is 6.91. The van der Waals surface area contributed by atoms with E-state index in [0.29, 0.717) is 22.7 Å². The van der Waals surface area contributed by atoms with E-state index in [1.807, 2.05) is 0 Å². The van der Waals surface area contributed by atoms with Crippen LogP contribution in [0.3, 0.4) is 0 Å². The molecule has 7 nitrogen and oxygen atoms in total. The Morgan fingerprint density at radius 3 is 2.75 bits per heavy atom. The highest BCUT2D eigenvalue weighted by molar-refractivity contribution is 9.10. The van der Waals surface area contributed by atoms with Gasteiger partial charge in [-0.3, -0.25) is 4.79 Å². The highest BCUT2D eigenvalue weighted by atomic mass is 79.9. The lowest BCUT2D eigenvalue weighted by atomic mass is 10.2. The number of carbonyl (C=O) groups excluding carboxylic acids is 1. The van der Waals surface area contributed by atoms with Crippen LogP contribution in [0.2, 0.25) is 0 Å². The summed E-state index contributed by atoms with van der Waals surface area (Å²) in [6, 6.07) is 2.86. The van der Waals surface area contributed by atoms with Crippen molar-refractivity contribution < 1.29 is 18.5 Å². The first-order valence-corrected chi connectivity index (χ1v) is 7.71. The molecule has 1 aromatic heterocycles. The number of benzene rings is 1. The smallest absolute Gasteiger partial charge is 0.358 e. The molecule has 0 saturated heterocycles. The van der Waals surface area contributed by atoms with Crippen molar-refractivity contribution in [2.75, 3.05) is 5.32 Å². The van der Waals surface area contributed by atoms with Crippen molar-refractivity contribution in [3.05, 3.63) is 50.1 Å². The van der Waals surface area contributed by atoms with Crippen molar-refractivity contribution >= 4 is 33.3 Å². The van der Waals surface area contributed by atoms with Gasteiger partial charge < -0.3 is 15.4 Å². The van der Waals surface area contributed by atoms with Gasteiger partial charge in [0.05, 0.1) is 23.0 Å². The Morgan fingerprint density at radius 2 is 2.17 bits per heavy atom. The molecule has 1 aromatic carbocycles. The monoisotopic (exact) mass is 402 g/mol. The minimum atomic E-state index is -0.856. The number of nitrogens with one attached hydrogen (secondary N) is 1. The zero-order valence-electron chi connectivity index (χ0n) is 12.6. The number of hydrogen-bond acceptors (Lipinski definition) is 4. The molecule has 0 spiro atoms. The van der Waals surface area contributed by atoms with Gasteiger partial charge in [0.2, 0.25) is 5.91 Å². The molecule has 0 radical (unpaired) electrons. The highest BCUT2D eigenvalue weighted by Crippen LogP contribution is 2.27. The van der Waals surface area contributed by atoms with Crippen LogP contribution in [0.1, 0.15) is 18.5 Å². The molecular weight excluding hydrogens is 390 g/mol. The van der Waals surface area contributed by atoms with Gasteiger partial charge >= 0.3 is 5.82 Å². The topological polar surface area (TPSA) is 90.1 Å². The van der Waals surface area contributed by atoms with E-state index >= 15 is 0 Å². The molecule has 10 heteroatoms. The fourth-order valence-corrected chi connectivity index (χ4v) is 2.46. The summed E-state index contributed by atoms with van der Waals surface area (Å²) in [5.74, 6) is -2.32. The highest BCUT2D eigenvalue weighted by Gasteiger charge is 2.23. The van der Waals surface area contributed by atoms with Gasteiger partial charge in [0.25, 0.3) is 0 Å². The SMILES string of the molecule is Cc1c(Br)c([N+](=O)[O-])nn1CCCC(=O)Nc1ccc(F)cc1F. The molecule has 1 heterocycles. The maximum absolute atomic E-state index is 13.4. The number of halogens is 3. The summed E-state index contributed by atoms with van der Waals surface area (Å²) in [7, 11) is 0. The Labute approximate surface area is 143 Å². The molecule has 0 fully saturated rings. The number of nitrogens with zero attached hydrogens (tertiary/aromatic N) is 3. The van der Waals surface area contributed by atoms with E-state index in [4.69, 9.17) is 0 Å². The van der Waals surface area contributed by atoms with Crippen LogP contribution < -0.4 is 5.32 Å². The van der Waals surface area contributed by atoms with Gasteiger partial charge in [-0.05, 0) is 46.3 Å². The van der Waals surface area contributed by atoms with Crippen LogP contribution in [0.15, 0.2) is 22.7 Å². The molecule has 0 saturated carbocycles. The lowest BCUT2D eigenvalue weighted by Crippen LogP contribution is -2.14.